The Labute approximate surface area is 98.0 Å². The molecule has 0 atom stereocenters. The minimum absolute atomic E-state index is 0.0262. The number of fused-ring (bicyclic) bond motifs is 1. The summed E-state index contributed by atoms with van der Waals surface area (Å²) in [5, 5.41) is 2.84. The Morgan fingerprint density at radius 2 is 2.24 bits per heavy atom. The van der Waals surface area contributed by atoms with Gasteiger partial charge in [0.2, 0.25) is 5.95 Å². The number of imidazole rings is 1. The van der Waals surface area contributed by atoms with Gasteiger partial charge in [0.05, 0.1) is 16.8 Å². The molecule has 2 N–H and O–H groups in total. The Kier molecular flexibility index (Phi) is 3.01. The molecule has 2 aromatic rings. The van der Waals surface area contributed by atoms with Crippen molar-refractivity contribution >= 4 is 26.8 Å². The van der Waals surface area contributed by atoms with Crippen LogP contribution in [0.1, 0.15) is 0 Å². The van der Waals surface area contributed by atoms with Crippen LogP contribution in [0.5, 0.6) is 0 Å². The van der Waals surface area contributed by atoms with Gasteiger partial charge in [-0.1, -0.05) is 0 Å². The summed E-state index contributed by atoms with van der Waals surface area (Å²) >= 11 is 0. The van der Waals surface area contributed by atoms with Gasteiger partial charge in [0.25, 0.3) is 0 Å². The fourth-order valence-corrected chi connectivity index (χ4v) is 1.89. The van der Waals surface area contributed by atoms with Gasteiger partial charge in [-0.3, -0.25) is 0 Å². The predicted molar refractivity (Wildman–Crippen MR) is 64.3 cm³/mol. The fraction of sp³-hybridized carbons (Fsp3) is 0.300. The van der Waals surface area contributed by atoms with Gasteiger partial charge in [0.1, 0.15) is 15.7 Å². The Balaban J connectivity index is 2.09. The van der Waals surface area contributed by atoms with E-state index in [4.69, 9.17) is 0 Å². The van der Waals surface area contributed by atoms with Crippen LogP contribution >= 0.6 is 0 Å². The lowest BCUT2D eigenvalue weighted by Crippen LogP contribution is -2.14. The van der Waals surface area contributed by atoms with Gasteiger partial charge in [0, 0.05) is 12.8 Å². The molecule has 5 nitrogen and oxygen atoms in total. The number of sulfone groups is 1. The number of hydrogen-bond donors (Lipinski definition) is 2. The molecule has 92 valence electrons. The Morgan fingerprint density at radius 3 is 2.94 bits per heavy atom. The largest absolute Gasteiger partial charge is 0.355 e. The summed E-state index contributed by atoms with van der Waals surface area (Å²) in [4.78, 5) is 7.01. The molecule has 1 heterocycles. The van der Waals surface area contributed by atoms with E-state index in [2.05, 4.69) is 15.3 Å². The van der Waals surface area contributed by atoms with E-state index in [9.17, 15) is 12.8 Å². The van der Waals surface area contributed by atoms with Crippen molar-refractivity contribution < 1.29 is 12.8 Å². The summed E-state index contributed by atoms with van der Waals surface area (Å²) in [6.45, 7) is 0.265. The quantitative estimate of drug-likeness (QED) is 0.861. The van der Waals surface area contributed by atoms with E-state index in [1.165, 1.54) is 18.4 Å². The minimum Gasteiger partial charge on any atom is -0.355 e. The molecule has 7 heteroatoms. The van der Waals surface area contributed by atoms with Crippen LogP contribution in [0.4, 0.5) is 10.3 Å². The van der Waals surface area contributed by atoms with Gasteiger partial charge in [-0.05, 0) is 18.2 Å². The first-order chi connectivity index (χ1) is 7.94. The smallest absolute Gasteiger partial charge is 0.201 e. The van der Waals surface area contributed by atoms with Crippen LogP contribution in [-0.2, 0) is 9.84 Å². The molecular weight excluding hydrogens is 245 g/mol. The number of benzene rings is 1. The molecule has 0 aliphatic heterocycles. The number of aromatic amines is 1. The highest BCUT2D eigenvalue weighted by molar-refractivity contribution is 7.90. The third-order valence-electron chi connectivity index (χ3n) is 2.21. The highest BCUT2D eigenvalue weighted by Crippen LogP contribution is 2.15. The SMILES string of the molecule is CS(=O)(=O)CCNc1nc2ccc(F)cc2[nH]1. The highest BCUT2D eigenvalue weighted by atomic mass is 32.2. The summed E-state index contributed by atoms with van der Waals surface area (Å²) in [6.07, 6.45) is 1.17. The first kappa shape index (κ1) is 11.8. The molecule has 2 rings (SSSR count). The summed E-state index contributed by atoms with van der Waals surface area (Å²) in [5.74, 6) is 0.122. The van der Waals surface area contributed by atoms with Crippen LogP contribution in [-0.4, -0.2) is 36.9 Å². The molecule has 17 heavy (non-hydrogen) atoms. The van der Waals surface area contributed by atoms with Crippen LogP contribution in [0, 0.1) is 5.82 Å². The number of nitrogens with one attached hydrogen (secondary N) is 2. The van der Waals surface area contributed by atoms with Crippen molar-refractivity contribution in [2.24, 2.45) is 0 Å². The lowest BCUT2D eigenvalue weighted by molar-refractivity contribution is 0.602. The lowest BCUT2D eigenvalue weighted by atomic mass is 10.3. The summed E-state index contributed by atoms with van der Waals surface area (Å²) in [6, 6.07) is 4.22. The normalized spacial score (nSPS) is 11.9. The standard InChI is InChI=1S/C10H12FN3O2S/c1-17(15,16)5-4-12-10-13-8-3-2-7(11)6-9(8)14-10/h2-3,6H,4-5H2,1H3,(H2,12,13,14). The van der Waals surface area contributed by atoms with Crippen molar-refractivity contribution in [1.29, 1.82) is 0 Å². The van der Waals surface area contributed by atoms with Gasteiger partial charge >= 0.3 is 0 Å². The number of rotatable bonds is 4. The van der Waals surface area contributed by atoms with Crippen molar-refractivity contribution in [2.75, 3.05) is 23.9 Å². The summed E-state index contributed by atoms with van der Waals surface area (Å²) in [5.41, 5.74) is 1.21. The molecule has 0 saturated carbocycles. The average molecular weight is 257 g/mol. The van der Waals surface area contributed by atoms with E-state index < -0.39 is 9.84 Å². The van der Waals surface area contributed by atoms with Crippen molar-refractivity contribution in [1.82, 2.24) is 9.97 Å². The average Bonchev–Trinajstić information content (AvgIpc) is 2.57. The zero-order chi connectivity index (χ0) is 12.5. The van der Waals surface area contributed by atoms with Gasteiger partial charge in [0.15, 0.2) is 0 Å². The molecule has 0 amide bonds. The molecule has 0 aliphatic carbocycles. The molecule has 0 aliphatic rings. The van der Waals surface area contributed by atoms with Crippen LogP contribution in [0.25, 0.3) is 11.0 Å². The van der Waals surface area contributed by atoms with E-state index in [1.807, 2.05) is 0 Å². The van der Waals surface area contributed by atoms with Crippen molar-refractivity contribution in [3.63, 3.8) is 0 Å². The number of halogens is 1. The van der Waals surface area contributed by atoms with Gasteiger partial charge in [-0.25, -0.2) is 17.8 Å². The lowest BCUT2D eigenvalue weighted by Gasteiger charge is -2.00. The van der Waals surface area contributed by atoms with Gasteiger partial charge in [-0.15, -0.1) is 0 Å². The van der Waals surface area contributed by atoms with Crippen LogP contribution < -0.4 is 5.32 Å². The van der Waals surface area contributed by atoms with E-state index in [0.717, 1.165) is 0 Å². The van der Waals surface area contributed by atoms with Crippen LogP contribution in [0.15, 0.2) is 18.2 Å². The zero-order valence-electron chi connectivity index (χ0n) is 9.20. The first-order valence-corrected chi connectivity index (χ1v) is 7.07. The third kappa shape index (κ3) is 3.16. The van der Waals surface area contributed by atoms with E-state index >= 15 is 0 Å². The third-order valence-corrected chi connectivity index (χ3v) is 3.15. The minimum atomic E-state index is -3.00. The maximum absolute atomic E-state index is 12.9. The molecule has 1 aromatic carbocycles. The Morgan fingerprint density at radius 1 is 1.47 bits per heavy atom. The number of nitrogens with zero attached hydrogens (tertiary/aromatic N) is 1. The van der Waals surface area contributed by atoms with E-state index in [0.29, 0.717) is 17.0 Å². The van der Waals surface area contributed by atoms with E-state index in [1.54, 1.807) is 6.07 Å². The molecule has 0 saturated heterocycles. The fourth-order valence-electron chi connectivity index (χ4n) is 1.42. The van der Waals surface area contributed by atoms with Gasteiger partial charge in [-0.2, -0.15) is 0 Å². The van der Waals surface area contributed by atoms with E-state index in [-0.39, 0.29) is 18.1 Å². The molecular formula is C10H12FN3O2S. The second-order valence-electron chi connectivity index (χ2n) is 3.80. The molecule has 0 fully saturated rings. The molecule has 0 bridgehead atoms. The summed E-state index contributed by atoms with van der Waals surface area (Å²) in [7, 11) is -3.00. The maximum atomic E-state index is 12.9. The maximum Gasteiger partial charge on any atom is 0.201 e. The second-order valence-corrected chi connectivity index (χ2v) is 6.06. The number of H-pyrrole nitrogens is 1. The Bertz CT molecular complexity index is 636. The predicted octanol–water partition coefficient (Wildman–Crippen LogP) is 1.16. The second kappa shape index (κ2) is 4.33. The van der Waals surface area contributed by atoms with Crippen molar-refractivity contribution in [3.8, 4) is 0 Å². The molecule has 0 unspecified atom stereocenters. The monoisotopic (exact) mass is 257 g/mol. The molecule has 0 radical (unpaired) electrons. The number of anilines is 1. The zero-order valence-corrected chi connectivity index (χ0v) is 10.0. The van der Waals surface area contributed by atoms with Crippen molar-refractivity contribution in [3.05, 3.63) is 24.0 Å². The number of aromatic nitrogens is 2. The van der Waals surface area contributed by atoms with Crippen LogP contribution in [0.2, 0.25) is 0 Å². The van der Waals surface area contributed by atoms with Crippen LogP contribution in [0.3, 0.4) is 0 Å². The summed E-state index contributed by atoms with van der Waals surface area (Å²) < 4.78 is 34.7. The Hall–Kier alpha value is -1.63. The van der Waals surface area contributed by atoms with Crippen molar-refractivity contribution in [2.45, 2.75) is 0 Å². The highest BCUT2D eigenvalue weighted by Gasteiger charge is 2.05. The first-order valence-electron chi connectivity index (χ1n) is 5.01. The molecule has 0 spiro atoms. The van der Waals surface area contributed by atoms with Gasteiger partial charge < -0.3 is 10.3 Å². The molecule has 1 aromatic heterocycles. The topological polar surface area (TPSA) is 74.8 Å². The number of hydrogen-bond acceptors (Lipinski definition) is 4.